The Hall–Kier alpha value is -1.36. The van der Waals surface area contributed by atoms with E-state index in [9.17, 15) is 4.79 Å². The monoisotopic (exact) mass is 294 g/mol. The van der Waals surface area contributed by atoms with Crippen LogP contribution in [-0.4, -0.2) is 39.9 Å². The van der Waals surface area contributed by atoms with Gasteiger partial charge in [0.2, 0.25) is 11.2 Å². The SMILES string of the molecule is CCN1Cc2cnc(Cl)nc2N(C2CCCC2)CC1=O. The summed E-state index contributed by atoms with van der Waals surface area (Å²) in [6.45, 7) is 3.68. The van der Waals surface area contributed by atoms with Crippen LogP contribution in [-0.2, 0) is 11.3 Å². The van der Waals surface area contributed by atoms with Gasteiger partial charge in [0.25, 0.3) is 0 Å². The molecular weight excluding hydrogens is 276 g/mol. The number of halogens is 1. The van der Waals surface area contributed by atoms with Gasteiger partial charge in [0.1, 0.15) is 5.82 Å². The lowest BCUT2D eigenvalue weighted by atomic mass is 10.2. The van der Waals surface area contributed by atoms with E-state index in [0.29, 0.717) is 25.7 Å². The van der Waals surface area contributed by atoms with Gasteiger partial charge in [0.15, 0.2) is 0 Å². The molecule has 0 saturated heterocycles. The Labute approximate surface area is 123 Å². The van der Waals surface area contributed by atoms with Crippen LogP contribution in [0, 0.1) is 0 Å². The van der Waals surface area contributed by atoms with E-state index in [1.807, 2.05) is 11.8 Å². The first kappa shape index (κ1) is 13.6. The molecule has 1 aliphatic heterocycles. The lowest BCUT2D eigenvalue weighted by molar-refractivity contribution is -0.129. The van der Waals surface area contributed by atoms with Crippen molar-refractivity contribution >= 4 is 23.3 Å². The van der Waals surface area contributed by atoms with Crippen molar-refractivity contribution in [3.63, 3.8) is 0 Å². The number of carbonyl (C=O) groups is 1. The zero-order valence-electron chi connectivity index (χ0n) is 11.7. The van der Waals surface area contributed by atoms with E-state index >= 15 is 0 Å². The lowest BCUT2D eigenvalue weighted by Crippen LogP contribution is -2.41. The average molecular weight is 295 g/mol. The Morgan fingerprint density at radius 3 is 2.80 bits per heavy atom. The fourth-order valence-electron chi connectivity index (χ4n) is 3.16. The number of carbonyl (C=O) groups excluding carboxylic acids is 1. The summed E-state index contributed by atoms with van der Waals surface area (Å²) in [6, 6.07) is 0.403. The molecule has 0 radical (unpaired) electrons. The number of rotatable bonds is 2. The van der Waals surface area contributed by atoms with Gasteiger partial charge in [-0.2, -0.15) is 0 Å². The Kier molecular flexibility index (Phi) is 3.78. The Morgan fingerprint density at radius 2 is 2.10 bits per heavy atom. The summed E-state index contributed by atoms with van der Waals surface area (Å²) in [5.74, 6) is 1.01. The summed E-state index contributed by atoms with van der Waals surface area (Å²) < 4.78 is 0. The molecular formula is C14H19ClN4O. The fraction of sp³-hybridized carbons (Fsp3) is 0.643. The molecule has 5 nitrogen and oxygen atoms in total. The highest BCUT2D eigenvalue weighted by Gasteiger charge is 2.32. The zero-order valence-corrected chi connectivity index (χ0v) is 12.4. The van der Waals surface area contributed by atoms with Gasteiger partial charge < -0.3 is 9.80 Å². The van der Waals surface area contributed by atoms with Crippen LogP contribution >= 0.6 is 11.6 Å². The van der Waals surface area contributed by atoms with Crippen molar-refractivity contribution < 1.29 is 4.79 Å². The Morgan fingerprint density at radius 1 is 1.35 bits per heavy atom. The minimum absolute atomic E-state index is 0.161. The second-order valence-corrected chi connectivity index (χ2v) is 5.80. The van der Waals surface area contributed by atoms with Gasteiger partial charge in [0, 0.05) is 24.3 Å². The molecule has 108 valence electrons. The molecule has 6 heteroatoms. The maximum absolute atomic E-state index is 12.4. The molecule has 20 heavy (non-hydrogen) atoms. The molecule has 1 fully saturated rings. The lowest BCUT2D eigenvalue weighted by Gasteiger charge is -2.29. The molecule has 1 aromatic heterocycles. The number of hydrogen-bond donors (Lipinski definition) is 0. The Balaban J connectivity index is 2.01. The van der Waals surface area contributed by atoms with E-state index in [-0.39, 0.29) is 11.2 Å². The average Bonchev–Trinajstić information content (AvgIpc) is 2.92. The standard InChI is InChI=1S/C14H19ClN4O/c1-2-18-8-10-7-16-14(15)17-13(10)19(9-12(18)20)11-5-3-4-6-11/h7,11H,2-6,8-9H2,1H3. The molecule has 0 aromatic carbocycles. The highest BCUT2D eigenvalue weighted by Crippen LogP contribution is 2.31. The van der Waals surface area contributed by atoms with Crippen LogP contribution in [0.4, 0.5) is 5.82 Å². The fourth-order valence-corrected chi connectivity index (χ4v) is 3.29. The van der Waals surface area contributed by atoms with E-state index in [1.165, 1.54) is 12.8 Å². The summed E-state index contributed by atoms with van der Waals surface area (Å²) >= 11 is 5.96. The second kappa shape index (κ2) is 5.56. The third kappa shape index (κ3) is 2.46. The predicted molar refractivity (Wildman–Crippen MR) is 77.7 cm³/mol. The van der Waals surface area contributed by atoms with Crippen LogP contribution in [0.5, 0.6) is 0 Å². The molecule has 1 saturated carbocycles. The number of nitrogens with zero attached hydrogens (tertiary/aromatic N) is 4. The van der Waals surface area contributed by atoms with E-state index in [4.69, 9.17) is 11.6 Å². The number of anilines is 1. The van der Waals surface area contributed by atoms with Crippen LogP contribution in [0.3, 0.4) is 0 Å². The van der Waals surface area contributed by atoms with Crippen LogP contribution in [0.25, 0.3) is 0 Å². The number of fused-ring (bicyclic) bond motifs is 1. The number of aromatic nitrogens is 2. The zero-order chi connectivity index (χ0) is 14.1. The molecule has 1 amide bonds. The van der Waals surface area contributed by atoms with Crippen molar-refractivity contribution in [1.29, 1.82) is 0 Å². The van der Waals surface area contributed by atoms with Crippen LogP contribution in [0.15, 0.2) is 6.20 Å². The van der Waals surface area contributed by atoms with Gasteiger partial charge in [-0.25, -0.2) is 9.97 Å². The van der Waals surface area contributed by atoms with Gasteiger partial charge in [-0.3, -0.25) is 4.79 Å². The number of hydrogen-bond acceptors (Lipinski definition) is 4. The molecule has 0 unspecified atom stereocenters. The van der Waals surface area contributed by atoms with Crippen molar-refractivity contribution in [3.05, 3.63) is 17.0 Å². The van der Waals surface area contributed by atoms with E-state index in [2.05, 4.69) is 14.9 Å². The minimum Gasteiger partial charge on any atom is -0.344 e. The summed E-state index contributed by atoms with van der Waals surface area (Å²) in [7, 11) is 0. The molecule has 2 aliphatic rings. The van der Waals surface area contributed by atoms with E-state index in [0.717, 1.165) is 24.2 Å². The molecule has 3 rings (SSSR count). The first-order valence-corrected chi connectivity index (χ1v) is 7.62. The molecule has 0 N–H and O–H groups in total. The summed E-state index contributed by atoms with van der Waals surface area (Å²) in [4.78, 5) is 24.9. The quantitative estimate of drug-likeness (QED) is 0.785. The molecule has 0 spiro atoms. The first-order valence-electron chi connectivity index (χ1n) is 7.25. The van der Waals surface area contributed by atoms with Gasteiger partial charge in [-0.1, -0.05) is 12.8 Å². The van der Waals surface area contributed by atoms with Gasteiger partial charge in [-0.15, -0.1) is 0 Å². The van der Waals surface area contributed by atoms with Gasteiger partial charge in [0.05, 0.1) is 13.1 Å². The largest absolute Gasteiger partial charge is 0.344 e. The maximum atomic E-state index is 12.4. The third-order valence-corrected chi connectivity index (χ3v) is 4.43. The smallest absolute Gasteiger partial charge is 0.242 e. The highest BCUT2D eigenvalue weighted by molar-refractivity contribution is 6.28. The van der Waals surface area contributed by atoms with Crippen molar-refractivity contribution in [1.82, 2.24) is 14.9 Å². The first-order chi connectivity index (χ1) is 9.69. The predicted octanol–water partition coefficient (Wildman–Crippen LogP) is 2.24. The van der Waals surface area contributed by atoms with Crippen molar-refractivity contribution in [2.75, 3.05) is 18.0 Å². The highest BCUT2D eigenvalue weighted by atomic mass is 35.5. The second-order valence-electron chi connectivity index (χ2n) is 5.46. The van der Waals surface area contributed by atoms with Crippen LogP contribution in [0.1, 0.15) is 38.2 Å². The molecule has 2 heterocycles. The normalized spacial score (nSPS) is 20.2. The molecule has 1 aliphatic carbocycles. The van der Waals surface area contributed by atoms with E-state index < -0.39 is 0 Å². The summed E-state index contributed by atoms with van der Waals surface area (Å²) in [5, 5.41) is 0.254. The van der Waals surface area contributed by atoms with E-state index in [1.54, 1.807) is 6.20 Å². The van der Waals surface area contributed by atoms with Gasteiger partial charge >= 0.3 is 0 Å². The van der Waals surface area contributed by atoms with Crippen molar-refractivity contribution in [3.8, 4) is 0 Å². The molecule has 0 atom stereocenters. The van der Waals surface area contributed by atoms with Crippen molar-refractivity contribution in [2.45, 2.75) is 45.2 Å². The van der Waals surface area contributed by atoms with Gasteiger partial charge in [-0.05, 0) is 31.4 Å². The van der Waals surface area contributed by atoms with Crippen LogP contribution < -0.4 is 4.90 Å². The number of amides is 1. The summed E-state index contributed by atoms with van der Waals surface area (Å²) in [6.07, 6.45) is 6.46. The topological polar surface area (TPSA) is 49.3 Å². The van der Waals surface area contributed by atoms with Crippen molar-refractivity contribution in [2.24, 2.45) is 0 Å². The third-order valence-electron chi connectivity index (χ3n) is 4.25. The maximum Gasteiger partial charge on any atom is 0.242 e. The van der Waals surface area contributed by atoms with Crippen LogP contribution in [0.2, 0.25) is 5.28 Å². The Bertz CT molecular complexity index is 516. The minimum atomic E-state index is 0.161. The molecule has 0 bridgehead atoms. The molecule has 1 aromatic rings. The summed E-state index contributed by atoms with van der Waals surface area (Å²) in [5.41, 5.74) is 0.994. The number of likely N-dealkylation sites (N-methyl/N-ethyl adjacent to an activating group) is 1.